The van der Waals surface area contributed by atoms with E-state index in [0.717, 1.165) is 30.2 Å². The summed E-state index contributed by atoms with van der Waals surface area (Å²) in [5, 5.41) is 0. The van der Waals surface area contributed by atoms with Crippen LogP contribution in [0.1, 0.15) is 69.4 Å². The second-order valence-electron chi connectivity index (χ2n) is 9.24. The third kappa shape index (κ3) is 1.50. The maximum Gasteiger partial charge on any atom is 0.270 e. The van der Waals surface area contributed by atoms with Gasteiger partial charge >= 0.3 is 0 Å². The highest BCUT2D eigenvalue weighted by atomic mass is 16.1. The first kappa shape index (κ1) is 12.4. The summed E-state index contributed by atoms with van der Waals surface area (Å²) in [5.74, 6) is 3.63. The SMILES string of the molecule is O=c1c(C23CC4CC(CC(C4)C2)C3)cn2n1CCC2C1CC1. The van der Waals surface area contributed by atoms with Crippen LogP contribution in [0.3, 0.4) is 0 Å². The van der Waals surface area contributed by atoms with Gasteiger partial charge in [0.15, 0.2) is 0 Å². The van der Waals surface area contributed by atoms with Crippen LogP contribution in [0, 0.1) is 23.7 Å². The molecule has 0 aromatic carbocycles. The standard InChI is InChI=1S/C19H26N2O/c22-18-16(11-21-17(15-1-2-15)3-4-20(18)21)19-8-12-5-13(9-19)7-14(6-12)10-19/h11-15,17H,1-10H2. The molecular weight excluding hydrogens is 272 g/mol. The summed E-state index contributed by atoms with van der Waals surface area (Å²) < 4.78 is 4.46. The van der Waals surface area contributed by atoms with Crippen LogP contribution in [0.4, 0.5) is 0 Å². The van der Waals surface area contributed by atoms with Gasteiger partial charge in [0.2, 0.25) is 0 Å². The first-order valence-electron chi connectivity index (χ1n) is 9.54. The Kier molecular flexibility index (Phi) is 2.21. The molecule has 2 heterocycles. The molecule has 118 valence electrons. The van der Waals surface area contributed by atoms with Gasteiger partial charge in [0.25, 0.3) is 5.56 Å². The van der Waals surface area contributed by atoms with Gasteiger partial charge in [0.05, 0.1) is 6.04 Å². The molecule has 6 aliphatic rings. The molecule has 5 fully saturated rings. The first-order chi connectivity index (χ1) is 10.7. The number of hydrogen-bond acceptors (Lipinski definition) is 1. The molecule has 3 nitrogen and oxygen atoms in total. The lowest BCUT2D eigenvalue weighted by Crippen LogP contribution is -2.50. The number of aromatic nitrogens is 2. The number of nitrogens with zero attached hydrogens (tertiary/aromatic N) is 2. The van der Waals surface area contributed by atoms with E-state index in [2.05, 4.69) is 15.6 Å². The maximum atomic E-state index is 13.1. The van der Waals surface area contributed by atoms with E-state index in [1.54, 1.807) is 0 Å². The normalized spacial score (nSPS) is 45.5. The highest BCUT2D eigenvalue weighted by molar-refractivity contribution is 5.26. The summed E-state index contributed by atoms with van der Waals surface area (Å²) in [4.78, 5) is 13.1. The Morgan fingerprint density at radius 3 is 2.18 bits per heavy atom. The fourth-order valence-corrected chi connectivity index (χ4v) is 7.12. The van der Waals surface area contributed by atoms with Gasteiger partial charge in [-0.25, -0.2) is 0 Å². The fraction of sp³-hybridized carbons (Fsp3) is 0.842. The van der Waals surface area contributed by atoms with Crippen molar-refractivity contribution in [3.8, 4) is 0 Å². The van der Waals surface area contributed by atoms with E-state index in [1.807, 2.05) is 0 Å². The van der Waals surface area contributed by atoms with Crippen molar-refractivity contribution in [2.75, 3.05) is 0 Å². The molecule has 1 aliphatic heterocycles. The average molecular weight is 298 g/mol. The second-order valence-corrected chi connectivity index (χ2v) is 9.24. The predicted molar refractivity (Wildman–Crippen MR) is 84.9 cm³/mol. The Labute approximate surface area is 131 Å². The van der Waals surface area contributed by atoms with Crippen molar-refractivity contribution >= 4 is 0 Å². The van der Waals surface area contributed by atoms with Crippen LogP contribution < -0.4 is 5.56 Å². The maximum absolute atomic E-state index is 13.1. The molecule has 0 saturated heterocycles. The molecule has 1 unspecified atom stereocenters. The van der Waals surface area contributed by atoms with Crippen LogP contribution in [0.25, 0.3) is 0 Å². The largest absolute Gasteiger partial charge is 0.286 e. The van der Waals surface area contributed by atoms with Crippen molar-refractivity contribution < 1.29 is 0 Å². The van der Waals surface area contributed by atoms with Gasteiger partial charge in [-0.05, 0) is 81.5 Å². The van der Waals surface area contributed by atoms with Crippen molar-refractivity contribution in [3.63, 3.8) is 0 Å². The molecule has 7 rings (SSSR count). The zero-order valence-electron chi connectivity index (χ0n) is 13.3. The van der Waals surface area contributed by atoms with Crippen LogP contribution in [-0.2, 0) is 12.0 Å². The van der Waals surface area contributed by atoms with Crippen LogP contribution in [0.5, 0.6) is 0 Å². The quantitative estimate of drug-likeness (QED) is 0.821. The monoisotopic (exact) mass is 298 g/mol. The Balaban J connectivity index is 1.46. The third-order valence-electron chi connectivity index (χ3n) is 7.76. The Hall–Kier alpha value is -0.990. The van der Waals surface area contributed by atoms with Crippen LogP contribution >= 0.6 is 0 Å². The minimum Gasteiger partial charge on any atom is -0.286 e. The molecule has 4 bridgehead atoms. The Bertz CT molecular complexity index is 657. The molecule has 0 radical (unpaired) electrons. The summed E-state index contributed by atoms with van der Waals surface area (Å²) in [6, 6.07) is 0.635. The molecule has 5 saturated carbocycles. The van der Waals surface area contributed by atoms with Crippen LogP contribution in [0.2, 0.25) is 0 Å². The molecule has 1 aromatic rings. The molecule has 0 N–H and O–H groups in total. The Morgan fingerprint density at radius 2 is 1.59 bits per heavy atom. The van der Waals surface area contributed by atoms with Crippen LogP contribution in [-0.4, -0.2) is 9.36 Å². The number of hydrogen-bond donors (Lipinski definition) is 0. The second kappa shape index (κ2) is 3.91. The molecule has 0 amide bonds. The predicted octanol–water partition coefficient (Wildman–Crippen LogP) is 3.47. The molecule has 1 atom stereocenters. The Morgan fingerprint density at radius 1 is 0.955 bits per heavy atom. The lowest BCUT2D eigenvalue weighted by atomic mass is 9.48. The van der Waals surface area contributed by atoms with Crippen molar-refractivity contribution in [1.29, 1.82) is 0 Å². The van der Waals surface area contributed by atoms with Gasteiger partial charge in [0, 0.05) is 23.7 Å². The minimum absolute atomic E-state index is 0.268. The molecule has 0 spiro atoms. The van der Waals surface area contributed by atoms with Gasteiger partial charge in [0.1, 0.15) is 0 Å². The molecule has 3 heteroatoms. The smallest absolute Gasteiger partial charge is 0.270 e. The third-order valence-corrected chi connectivity index (χ3v) is 7.76. The lowest BCUT2D eigenvalue weighted by molar-refractivity contribution is -0.00578. The van der Waals surface area contributed by atoms with Crippen molar-refractivity contribution in [3.05, 3.63) is 22.1 Å². The highest BCUT2D eigenvalue weighted by Crippen LogP contribution is 2.60. The van der Waals surface area contributed by atoms with Crippen LogP contribution in [0.15, 0.2) is 11.0 Å². The summed E-state index contributed by atoms with van der Waals surface area (Å²) in [7, 11) is 0. The minimum atomic E-state index is 0.268. The van der Waals surface area contributed by atoms with Gasteiger partial charge in [-0.1, -0.05) is 0 Å². The van der Waals surface area contributed by atoms with E-state index in [1.165, 1.54) is 63.4 Å². The van der Waals surface area contributed by atoms with Crippen molar-refractivity contribution in [2.45, 2.75) is 75.8 Å². The number of rotatable bonds is 2. The van der Waals surface area contributed by atoms with E-state index >= 15 is 0 Å². The zero-order valence-corrected chi connectivity index (χ0v) is 13.3. The molecule has 1 aromatic heterocycles. The highest BCUT2D eigenvalue weighted by Gasteiger charge is 2.53. The lowest BCUT2D eigenvalue weighted by Gasteiger charge is -2.56. The van der Waals surface area contributed by atoms with E-state index < -0.39 is 0 Å². The van der Waals surface area contributed by atoms with Gasteiger partial charge in [-0.15, -0.1) is 0 Å². The summed E-state index contributed by atoms with van der Waals surface area (Å²) >= 11 is 0. The number of fused-ring (bicyclic) bond motifs is 1. The summed E-state index contributed by atoms with van der Waals surface area (Å²) in [6.45, 7) is 0.965. The fourth-order valence-electron chi connectivity index (χ4n) is 7.12. The van der Waals surface area contributed by atoms with E-state index in [9.17, 15) is 4.79 Å². The molecule has 22 heavy (non-hydrogen) atoms. The molecule has 5 aliphatic carbocycles. The van der Waals surface area contributed by atoms with Gasteiger partial charge in [-0.3, -0.25) is 14.2 Å². The average Bonchev–Trinajstić information content (AvgIpc) is 3.13. The van der Waals surface area contributed by atoms with Crippen molar-refractivity contribution in [2.24, 2.45) is 23.7 Å². The van der Waals surface area contributed by atoms with Crippen molar-refractivity contribution in [1.82, 2.24) is 9.36 Å². The van der Waals surface area contributed by atoms with Gasteiger partial charge < -0.3 is 0 Å². The molecular formula is C19H26N2O. The summed E-state index contributed by atoms with van der Waals surface area (Å²) in [5.41, 5.74) is 1.87. The zero-order chi connectivity index (χ0) is 14.5. The van der Waals surface area contributed by atoms with E-state index in [0.29, 0.717) is 11.6 Å². The first-order valence-corrected chi connectivity index (χ1v) is 9.54. The summed E-state index contributed by atoms with van der Waals surface area (Å²) in [6.07, 6.45) is 14.6. The van der Waals surface area contributed by atoms with E-state index in [-0.39, 0.29) is 5.41 Å². The van der Waals surface area contributed by atoms with E-state index in [4.69, 9.17) is 0 Å². The topological polar surface area (TPSA) is 26.9 Å². The van der Waals surface area contributed by atoms with Gasteiger partial charge in [-0.2, -0.15) is 0 Å².